The Labute approximate surface area is 127 Å². The average Bonchev–Trinajstić information content (AvgIpc) is 2.51. The van der Waals surface area contributed by atoms with Gasteiger partial charge in [0.05, 0.1) is 6.34 Å². The quantitative estimate of drug-likeness (QED) is 0.594. The van der Waals surface area contributed by atoms with Crippen molar-refractivity contribution in [1.29, 1.82) is 0 Å². The highest BCUT2D eigenvalue weighted by atomic mass is 19.1. The fourth-order valence-corrected chi connectivity index (χ4v) is 1.90. The molecule has 0 saturated heterocycles. The maximum atomic E-state index is 14.1. The highest BCUT2D eigenvalue weighted by molar-refractivity contribution is 5.61. The Kier molecular flexibility index (Phi) is 5.20. The maximum Gasteiger partial charge on any atom is 0.149 e. The molecule has 116 valence electrons. The molecule has 0 aliphatic rings. The van der Waals surface area contributed by atoms with E-state index in [1.165, 1.54) is 12.4 Å². The predicted molar refractivity (Wildman–Crippen MR) is 82.0 cm³/mol. The van der Waals surface area contributed by atoms with Crippen molar-refractivity contribution in [1.82, 2.24) is 4.90 Å². The van der Waals surface area contributed by atoms with E-state index in [1.807, 2.05) is 6.92 Å². The summed E-state index contributed by atoms with van der Waals surface area (Å²) in [6.07, 6.45) is 1.43. The zero-order chi connectivity index (χ0) is 16.1. The first-order valence-corrected chi connectivity index (χ1v) is 6.97. The molecule has 0 spiro atoms. The van der Waals surface area contributed by atoms with Crippen molar-refractivity contribution in [2.45, 2.75) is 13.3 Å². The number of benzene rings is 2. The van der Waals surface area contributed by atoms with Crippen molar-refractivity contribution >= 4 is 12.0 Å². The Morgan fingerprint density at radius 2 is 1.73 bits per heavy atom. The molecule has 2 aromatic rings. The van der Waals surface area contributed by atoms with E-state index in [1.54, 1.807) is 30.1 Å². The van der Waals surface area contributed by atoms with E-state index in [0.29, 0.717) is 12.1 Å². The second-order valence-electron chi connectivity index (χ2n) is 4.98. The monoisotopic (exact) mass is 306 g/mol. The first-order valence-electron chi connectivity index (χ1n) is 6.97. The standard InChI is InChI=1S/C17H17F3N2/c1-3-22(2)11-21-17-10-15(19)13(9-16(17)20)8-12-6-4-5-7-14(12)18/h4-7,9-11H,3,8H2,1-2H3/b21-11-. The Morgan fingerprint density at radius 3 is 2.41 bits per heavy atom. The molecule has 0 fully saturated rings. The first-order chi connectivity index (χ1) is 10.5. The molecule has 0 radical (unpaired) electrons. The number of rotatable bonds is 5. The van der Waals surface area contributed by atoms with Gasteiger partial charge in [0.1, 0.15) is 23.1 Å². The summed E-state index contributed by atoms with van der Waals surface area (Å²) < 4.78 is 41.7. The van der Waals surface area contributed by atoms with Gasteiger partial charge in [-0.1, -0.05) is 18.2 Å². The van der Waals surface area contributed by atoms with Gasteiger partial charge in [0.2, 0.25) is 0 Å². The van der Waals surface area contributed by atoms with Crippen LogP contribution in [0.25, 0.3) is 0 Å². The van der Waals surface area contributed by atoms with Crippen LogP contribution in [0.4, 0.5) is 18.9 Å². The van der Waals surface area contributed by atoms with Crippen molar-refractivity contribution in [2.24, 2.45) is 4.99 Å². The van der Waals surface area contributed by atoms with E-state index in [2.05, 4.69) is 4.99 Å². The van der Waals surface area contributed by atoms with Crippen molar-refractivity contribution in [3.05, 3.63) is 65.0 Å². The smallest absolute Gasteiger partial charge is 0.149 e. The lowest BCUT2D eigenvalue weighted by molar-refractivity contribution is 0.550. The Morgan fingerprint density at radius 1 is 1.00 bits per heavy atom. The second kappa shape index (κ2) is 7.11. The van der Waals surface area contributed by atoms with Crippen LogP contribution in [0.15, 0.2) is 41.4 Å². The average molecular weight is 306 g/mol. The van der Waals surface area contributed by atoms with Gasteiger partial charge < -0.3 is 4.90 Å². The van der Waals surface area contributed by atoms with E-state index in [4.69, 9.17) is 0 Å². The van der Waals surface area contributed by atoms with Crippen LogP contribution < -0.4 is 0 Å². The Bertz CT molecular complexity index is 684. The molecule has 0 unspecified atom stereocenters. The summed E-state index contributed by atoms with van der Waals surface area (Å²) in [5.74, 6) is -1.67. The molecule has 2 rings (SSSR count). The fourth-order valence-electron chi connectivity index (χ4n) is 1.90. The summed E-state index contributed by atoms with van der Waals surface area (Å²) in [6.45, 7) is 2.62. The van der Waals surface area contributed by atoms with Gasteiger partial charge in [0.15, 0.2) is 0 Å². The highest BCUT2D eigenvalue weighted by Gasteiger charge is 2.11. The molecule has 0 aromatic heterocycles. The third-order valence-corrected chi connectivity index (χ3v) is 3.35. The van der Waals surface area contributed by atoms with Crippen LogP contribution >= 0.6 is 0 Å². The molecule has 0 aliphatic carbocycles. The maximum absolute atomic E-state index is 14.1. The molecule has 0 amide bonds. The topological polar surface area (TPSA) is 15.6 Å². The van der Waals surface area contributed by atoms with Gasteiger partial charge in [-0.05, 0) is 30.2 Å². The van der Waals surface area contributed by atoms with Gasteiger partial charge in [-0.3, -0.25) is 0 Å². The fraction of sp³-hybridized carbons (Fsp3) is 0.235. The largest absolute Gasteiger partial charge is 0.366 e. The molecule has 5 heteroatoms. The van der Waals surface area contributed by atoms with Crippen LogP contribution in [0.1, 0.15) is 18.1 Å². The minimum atomic E-state index is -0.631. The predicted octanol–water partition coefficient (Wildman–Crippen LogP) is 4.31. The number of hydrogen-bond acceptors (Lipinski definition) is 1. The lowest BCUT2D eigenvalue weighted by atomic mass is 10.0. The Hall–Kier alpha value is -2.30. The number of nitrogens with zero attached hydrogens (tertiary/aromatic N) is 2. The molecular weight excluding hydrogens is 289 g/mol. The van der Waals surface area contributed by atoms with Crippen LogP contribution in [0.5, 0.6) is 0 Å². The van der Waals surface area contributed by atoms with Gasteiger partial charge in [-0.15, -0.1) is 0 Å². The zero-order valence-electron chi connectivity index (χ0n) is 12.5. The lowest BCUT2D eigenvalue weighted by Gasteiger charge is -2.09. The van der Waals surface area contributed by atoms with Crippen molar-refractivity contribution in [2.75, 3.05) is 13.6 Å². The van der Waals surface area contributed by atoms with Crippen molar-refractivity contribution in [3.8, 4) is 0 Å². The van der Waals surface area contributed by atoms with Crippen LogP contribution in [0, 0.1) is 17.5 Å². The Balaban J connectivity index is 2.27. The molecule has 2 nitrogen and oxygen atoms in total. The van der Waals surface area contributed by atoms with Crippen LogP contribution in [0.2, 0.25) is 0 Å². The van der Waals surface area contributed by atoms with Crippen LogP contribution in [0.3, 0.4) is 0 Å². The molecule has 0 N–H and O–H groups in total. The third kappa shape index (κ3) is 3.87. The highest BCUT2D eigenvalue weighted by Crippen LogP contribution is 2.24. The van der Waals surface area contributed by atoms with E-state index in [0.717, 1.165) is 12.1 Å². The minimum Gasteiger partial charge on any atom is -0.366 e. The SMILES string of the molecule is CCN(C)/C=N\c1cc(F)c(Cc2ccccc2F)cc1F. The molecule has 0 aliphatic heterocycles. The lowest BCUT2D eigenvalue weighted by Crippen LogP contribution is -2.14. The normalized spacial score (nSPS) is 11.1. The minimum absolute atomic E-state index is 0.00567. The summed E-state index contributed by atoms with van der Waals surface area (Å²) >= 11 is 0. The molecule has 0 heterocycles. The molecule has 0 atom stereocenters. The van der Waals surface area contributed by atoms with Crippen LogP contribution in [-0.4, -0.2) is 24.8 Å². The second-order valence-corrected chi connectivity index (χ2v) is 4.98. The summed E-state index contributed by atoms with van der Waals surface area (Å²) in [5.41, 5.74) is 0.350. The summed E-state index contributed by atoms with van der Waals surface area (Å²) in [7, 11) is 1.78. The molecule has 22 heavy (non-hydrogen) atoms. The zero-order valence-corrected chi connectivity index (χ0v) is 12.5. The number of halogens is 3. The summed E-state index contributed by atoms with van der Waals surface area (Å²) in [5, 5.41) is 0. The molecule has 0 saturated carbocycles. The summed E-state index contributed by atoms with van der Waals surface area (Å²) in [4.78, 5) is 5.66. The van der Waals surface area contributed by atoms with Gasteiger partial charge >= 0.3 is 0 Å². The van der Waals surface area contributed by atoms with E-state index >= 15 is 0 Å². The van der Waals surface area contributed by atoms with Gasteiger partial charge in [0.25, 0.3) is 0 Å². The van der Waals surface area contributed by atoms with Crippen LogP contribution in [-0.2, 0) is 6.42 Å². The molecular formula is C17H17F3N2. The van der Waals surface area contributed by atoms with E-state index in [9.17, 15) is 13.2 Å². The number of aliphatic imine (C=N–C) groups is 1. The van der Waals surface area contributed by atoms with Crippen molar-refractivity contribution in [3.63, 3.8) is 0 Å². The molecule has 0 bridgehead atoms. The van der Waals surface area contributed by atoms with Gasteiger partial charge in [0, 0.05) is 26.1 Å². The van der Waals surface area contributed by atoms with E-state index in [-0.39, 0.29) is 17.7 Å². The third-order valence-electron chi connectivity index (χ3n) is 3.35. The molecule has 2 aromatic carbocycles. The van der Waals surface area contributed by atoms with Gasteiger partial charge in [-0.2, -0.15) is 0 Å². The van der Waals surface area contributed by atoms with Crippen molar-refractivity contribution < 1.29 is 13.2 Å². The van der Waals surface area contributed by atoms with Gasteiger partial charge in [-0.25, -0.2) is 18.2 Å². The number of hydrogen-bond donors (Lipinski definition) is 0. The summed E-state index contributed by atoms with van der Waals surface area (Å²) in [6, 6.07) is 8.16. The first kappa shape index (κ1) is 16.1. The van der Waals surface area contributed by atoms with E-state index < -0.39 is 17.5 Å².